The van der Waals surface area contributed by atoms with Crippen LogP contribution in [0.5, 0.6) is 0 Å². The largest absolute Gasteiger partial charge is 0.468 e. The zero-order valence-corrected chi connectivity index (χ0v) is 15.2. The van der Waals surface area contributed by atoms with Gasteiger partial charge >= 0.3 is 5.97 Å². The van der Waals surface area contributed by atoms with Crippen LogP contribution in [0.1, 0.15) is 31.0 Å². The fourth-order valence-corrected chi connectivity index (χ4v) is 2.60. The number of benzene rings is 1. The van der Waals surface area contributed by atoms with Crippen LogP contribution < -0.4 is 10.6 Å². The number of anilines is 1. The second kappa shape index (κ2) is 7.48. The number of methoxy groups -OCH3 is 1. The molecule has 0 aliphatic heterocycles. The van der Waals surface area contributed by atoms with Crippen LogP contribution in [-0.4, -0.2) is 35.8 Å². The summed E-state index contributed by atoms with van der Waals surface area (Å²) < 4.78 is 6.49. The monoisotopic (exact) mass is 344 g/mol. The van der Waals surface area contributed by atoms with Gasteiger partial charge in [0.1, 0.15) is 6.04 Å². The minimum atomic E-state index is -0.749. The maximum absolute atomic E-state index is 12.5. The molecule has 1 aromatic heterocycles. The van der Waals surface area contributed by atoms with Crippen molar-refractivity contribution in [3.05, 3.63) is 47.8 Å². The van der Waals surface area contributed by atoms with Gasteiger partial charge < -0.3 is 15.4 Å². The van der Waals surface area contributed by atoms with Crippen molar-refractivity contribution in [3.8, 4) is 0 Å². The van der Waals surface area contributed by atoms with Crippen LogP contribution in [0, 0.1) is 0 Å². The predicted molar refractivity (Wildman–Crippen MR) is 95.1 cm³/mol. The lowest BCUT2D eigenvalue weighted by atomic mass is 9.85. The van der Waals surface area contributed by atoms with Crippen molar-refractivity contribution in [1.29, 1.82) is 0 Å². The molecule has 1 aromatic carbocycles. The van der Waals surface area contributed by atoms with Gasteiger partial charge in [0.15, 0.2) is 0 Å². The summed E-state index contributed by atoms with van der Waals surface area (Å²) in [5, 5.41) is 9.94. The molecule has 0 bridgehead atoms. The van der Waals surface area contributed by atoms with E-state index in [9.17, 15) is 9.59 Å². The molecule has 2 rings (SSSR count). The van der Waals surface area contributed by atoms with Crippen LogP contribution in [-0.2, 0) is 26.8 Å². The molecule has 0 spiro atoms. The van der Waals surface area contributed by atoms with E-state index < -0.39 is 11.5 Å². The third-order valence-corrected chi connectivity index (χ3v) is 4.18. The zero-order valence-electron chi connectivity index (χ0n) is 15.2. The summed E-state index contributed by atoms with van der Waals surface area (Å²) in [5.74, 6) is -0.494. The molecular weight excluding hydrogens is 320 g/mol. The highest BCUT2D eigenvalue weighted by Gasteiger charge is 2.30. The smallest absolute Gasteiger partial charge is 0.315 e. The van der Waals surface area contributed by atoms with Crippen molar-refractivity contribution in [1.82, 2.24) is 15.1 Å². The Morgan fingerprint density at radius 3 is 2.36 bits per heavy atom. The molecule has 2 aromatic rings. The van der Waals surface area contributed by atoms with E-state index in [0.717, 1.165) is 11.1 Å². The van der Waals surface area contributed by atoms with Gasteiger partial charge in [0.05, 0.1) is 18.7 Å². The maximum Gasteiger partial charge on any atom is 0.315 e. The van der Waals surface area contributed by atoms with Crippen LogP contribution in [0.2, 0.25) is 0 Å². The predicted octanol–water partition coefficient (Wildman–Crippen LogP) is 1.77. The maximum atomic E-state index is 12.5. The highest BCUT2D eigenvalue weighted by Crippen LogP contribution is 2.26. The number of ether oxygens (including phenoxy) is 1. The Hall–Kier alpha value is -2.67. The third kappa shape index (κ3) is 4.06. The van der Waals surface area contributed by atoms with E-state index in [1.54, 1.807) is 57.2 Å². The molecule has 0 saturated heterocycles. The Kier molecular flexibility index (Phi) is 5.58. The van der Waals surface area contributed by atoms with Gasteiger partial charge in [-0.3, -0.25) is 14.3 Å². The van der Waals surface area contributed by atoms with Crippen LogP contribution in [0.15, 0.2) is 36.7 Å². The lowest BCUT2D eigenvalue weighted by Gasteiger charge is -2.22. The first-order chi connectivity index (χ1) is 11.8. The van der Waals surface area contributed by atoms with Gasteiger partial charge in [0.25, 0.3) is 0 Å². The lowest BCUT2D eigenvalue weighted by Crippen LogP contribution is -2.31. The SMILES string of the molecule is CNC(C(=O)Nc1ccc(C(C)(C)C(=O)OC)cc1)c1cnn(C)c1. The number of carbonyl (C=O) groups excluding carboxylic acids is 2. The van der Waals surface area contributed by atoms with Gasteiger partial charge in [0, 0.05) is 24.5 Å². The first-order valence-electron chi connectivity index (χ1n) is 7.95. The average Bonchev–Trinajstić information content (AvgIpc) is 3.01. The van der Waals surface area contributed by atoms with Crippen molar-refractivity contribution in [2.24, 2.45) is 7.05 Å². The van der Waals surface area contributed by atoms with E-state index in [0.29, 0.717) is 5.69 Å². The van der Waals surface area contributed by atoms with Gasteiger partial charge in [-0.15, -0.1) is 0 Å². The van der Waals surface area contributed by atoms with Crippen LogP contribution >= 0.6 is 0 Å². The Bertz CT molecular complexity index is 750. The van der Waals surface area contributed by atoms with Crippen LogP contribution in [0.4, 0.5) is 5.69 Å². The minimum Gasteiger partial charge on any atom is -0.468 e. The molecule has 7 heteroatoms. The first-order valence-corrected chi connectivity index (χ1v) is 7.95. The number of esters is 1. The number of amides is 1. The topological polar surface area (TPSA) is 85.2 Å². The molecule has 2 N–H and O–H groups in total. The van der Waals surface area contributed by atoms with E-state index >= 15 is 0 Å². The minimum absolute atomic E-state index is 0.185. The van der Waals surface area contributed by atoms with E-state index in [1.165, 1.54) is 7.11 Å². The Morgan fingerprint density at radius 2 is 1.88 bits per heavy atom. The van der Waals surface area contributed by atoms with E-state index in [2.05, 4.69) is 15.7 Å². The molecule has 134 valence electrons. The average molecular weight is 344 g/mol. The summed E-state index contributed by atoms with van der Waals surface area (Å²) in [6.45, 7) is 3.59. The molecule has 1 unspecified atom stereocenters. The van der Waals surface area contributed by atoms with E-state index in [-0.39, 0.29) is 11.9 Å². The highest BCUT2D eigenvalue weighted by molar-refractivity contribution is 5.95. The Balaban J connectivity index is 2.12. The van der Waals surface area contributed by atoms with Crippen LogP contribution in [0.25, 0.3) is 0 Å². The molecule has 1 atom stereocenters. The molecule has 0 radical (unpaired) electrons. The fraction of sp³-hybridized carbons (Fsp3) is 0.389. The molecule has 0 fully saturated rings. The molecule has 0 aliphatic rings. The Morgan fingerprint density at radius 1 is 1.24 bits per heavy atom. The van der Waals surface area contributed by atoms with E-state index in [1.807, 2.05) is 12.1 Å². The van der Waals surface area contributed by atoms with Gasteiger partial charge in [-0.2, -0.15) is 5.10 Å². The van der Waals surface area contributed by atoms with Crippen LogP contribution in [0.3, 0.4) is 0 Å². The van der Waals surface area contributed by atoms with Crippen molar-refractivity contribution in [2.75, 3.05) is 19.5 Å². The summed E-state index contributed by atoms with van der Waals surface area (Å²) in [6.07, 6.45) is 3.45. The zero-order chi connectivity index (χ0) is 18.6. The molecule has 1 heterocycles. The number of likely N-dealkylation sites (N-methyl/N-ethyl adjacent to an activating group) is 1. The number of hydrogen-bond donors (Lipinski definition) is 2. The quantitative estimate of drug-likeness (QED) is 0.780. The van der Waals surface area contributed by atoms with E-state index in [4.69, 9.17) is 4.74 Å². The fourth-order valence-electron chi connectivity index (χ4n) is 2.60. The number of nitrogens with one attached hydrogen (secondary N) is 2. The number of hydrogen-bond acceptors (Lipinski definition) is 5. The highest BCUT2D eigenvalue weighted by atomic mass is 16.5. The summed E-state index contributed by atoms with van der Waals surface area (Å²) >= 11 is 0. The molecular formula is C18H24N4O3. The normalized spacial score (nSPS) is 12.5. The molecule has 7 nitrogen and oxygen atoms in total. The van der Waals surface area contributed by atoms with Crippen molar-refractivity contribution < 1.29 is 14.3 Å². The number of nitrogens with zero attached hydrogens (tertiary/aromatic N) is 2. The number of aryl methyl sites for hydroxylation is 1. The summed E-state index contributed by atoms with van der Waals surface area (Å²) in [7, 11) is 4.89. The molecule has 25 heavy (non-hydrogen) atoms. The number of aromatic nitrogens is 2. The Labute approximate surface area is 147 Å². The van der Waals surface area contributed by atoms with Gasteiger partial charge in [-0.05, 0) is 38.6 Å². The second-order valence-corrected chi connectivity index (χ2v) is 6.35. The standard InChI is InChI=1S/C18H24N4O3/c1-18(2,17(24)25-5)13-6-8-14(9-7-13)21-16(23)15(19-3)12-10-20-22(4)11-12/h6-11,15,19H,1-5H3,(H,21,23). The van der Waals surface area contributed by atoms with Gasteiger partial charge in [0.2, 0.25) is 5.91 Å². The van der Waals surface area contributed by atoms with Crippen molar-refractivity contribution in [3.63, 3.8) is 0 Å². The molecule has 0 aliphatic carbocycles. The second-order valence-electron chi connectivity index (χ2n) is 6.35. The van der Waals surface area contributed by atoms with Gasteiger partial charge in [-0.25, -0.2) is 0 Å². The number of carbonyl (C=O) groups is 2. The molecule has 0 saturated carbocycles. The summed E-state index contributed by atoms with van der Waals surface area (Å²) in [6, 6.07) is 6.66. The number of rotatable bonds is 6. The van der Waals surface area contributed by atoms with Crippen molar-refractivity contribution in [2.45, 2.75) is 25.3 Å². The summed E-state index contributed by atoms with van der Waals surface area (Å²) in [4.78, 5) is 24.4. The lowest BCUT2D eigenvalue weighted by molar-refractivity contribution is -0.146. The molecule has 1 amide bonds. The van der Waals surface area contributed by atoms with Crippen molar-refractivity contribution >= 4 is 17.6 Å². The van der Waals surface area contributed by atoms with Gasteiger partial charge in [-0.1, -0.05) is 12.1 Å². The first kappa shape index (κ1) is 18.7. The third-order valence-electron chi connectivity index (χ3n) is 4.18. The summed E-state index contributed by atoms with van der Waals surface area (Å²) in [5.41, 5.74) is 1.50.